The van der Waals surface area contributed by atoms with Crippen LogP contribution in [0.3, 0.4) is 0 Å². The van der Waals surface area contributed by atoms with Crippen LogP contribution in [-0.2, 0) is 11.3 Å². The summed E-state index contributed by atoms with van der Waals surface area (Å²) in [6.45, 7) is 4.53. The predicted molar refractivity (Wildman–Crippen MR) is 78.4 cm³/mol. The van der Waals surface area contributed by atoms with Crippen molar-refractivity contribution in [3.63, 3.8) is 0 Å². The van der Waals surface area contributed by atoms with Crippen LogP contribution in [-0.4, -0.2) is 27.4 Å². The van der Waals surface area contributed by atoms with Crippen LogP contribution >= 0.6 is 0 Å². The molecule has 1 aliphatic heterocycles. The molecule has 5 heteroatoms. The lowest BCUT2D eigenvalue weighted by Gasteiger charge is -2.40. The number of pyridine rings is 1. The van der Waals surface area contributed by atoms with Gasteiger partial charge in [-0.1, -0.05) is 13.0 Å². The molecule has 1 saturated heterocycles. The molecule has 1 saturated carbocycles. The fraction of sp³-hybridized carbons (Fsp3) is 0.562. The number of carbonyl (C=O) groups is 2. The second-order valence-corrected chi connectivity index (χ2v) is 6.33. The van der Waals surface area contributed by atoms with Crippen molar-refractivity contribution < 1.29 is 9.59 Å². The van der Waals surface area contributed by atoms with Gasteiger partial charge in [0, 0.05) is 5.69 Å². The van der Waals surface area contributed by atoms with Gasteiger partial charge in [-0.05, 0) is 50.7 Å². The van der Waals surface area contributed by atoms with Gasteiger partial charge >= 0.3 is 6.03 Å². The zero-order valence-electron chi connectivity index (χ0n) is 12.6. The van der Waals surface area contributed by atoms with Crippen molar-refractivity contribution in [2.75, 3.05) is 0 Å². The Hall–Kier alpha value is -1.91. The average Bonchev–Trinajstić information content (AvgIpc) is 2.66. The van der Waals surface area contributed by atoms with E-state index in [4.69, 9.17) is 0 Å². The first-order chi connectivity index (χ1) is 10.0. The minimum Gasteiger partial charge on any atom is -0.304 e. The molecule has 5 nitrogen and oxygen atoms in total. The molecule has 0 radical (unpaired) electrons. The maximum Gasteiger partial charge on any atom is 0.325 e. The Morgan fingerprint density at radius 2 is 2.05 bits per heavy atom. The zero-order valence-corrected chi connectivity index (χ0v) is 12.6. The van der Waals surface area contributed by atoms with Crippen molar-refractivity contribution in [2.24, 2.45) is 5.92 Å². The quantitative estimate of drug-likeness (QED) is 0.850. The van der Waals surface area contributed by atoms with Gasteiger partial charge in [-0.2, -0.15) is 0 Å². The lowest BCUT2D eigenvalue weighted by Crippen LogP contribution is -2.51. The molecular weight excluding hydrogens is 266 g/mol. The summed E-state index contributed by atoms with van der Waals surface area (Å²) in [7, 11) is 0. The third-order valence-corrected chi connectivity index (χ3v) is 4.77. The molecule has 2 fully saturated rings. The minimum atomic E-state index is -0.658. The van der Waals surface area contributed by atoms with E-state index in [9.17, 15) is 9.59 Å². The number of nitrogens with one attached hydrogen (secondary N) is 1. The molecule has 0 bridgehead atoms. The number of nitrogens with zero attached hydrogens (tertiary/aromatic N) is 2. The molecule has 1 N–H and O–H groups in total. The van der Waals surface area contributed by atoms with E-state index in [0.29, 0.717) is 12.5 Å². The molecule has 0 unspecified atom stereocenters. The molecule has 3 rings (SSSR count). The third kappa shape index (κ3) is 2.41. The van der Waals surface area contributed by atoms with E-state index in [1.807, 2.05) is 25.1 Å². The number of amides is 3. The first-order valence-electron chi connectivity index (χ1n) is 7.57. The van der Waals surface area contributed by atoms with Gasteiger partial charge in [0.15, 0.2) is 0 Å². The second kappa shape index (κ2) is 5.13. The summed E-state index contributed by atoms with van der Waals surface area (Å²) in [6, 6.07) is 5.49. The lowest BCUT2D eigenvalue weighted by molar-refractivity contribution is -0.128. The van der Waals surface area contributed by atoms with Crippen molar-refractivity contribution >= 4 is 11.9 Å². The van der Waals surface area contributed by atoms with Crippen LogP contribution in [0.1, 0.15) is 44.0 Å². The highest BCUT2D eigenvalue weighted by molar-refractivity contribution is 6.07. The molecule has 1 spiro atoms. The number of hydrogen-bond acceptors (Lipinski definition) is 3. The van der Waals surface area contributed by atoms with E-state index >= 15 is 0 Å². The predicted octanol–water partition coefficient (Wildman–Crippen LogP) is 2.39. The summed E-state index contributed by atoms with van der Waals surface area (Å²) in [5.41, 5.74) is 1.09. The van der Waals surface area contributed by atoms with Gasteiger partial charge in [-0.15, -0.1) is 0 Å². The molecule has 0 atom stereocenters. The fourth-order valence-corrected chi connectivity index (χ4v) is 3.41. The first kappa shape index (κ1) is 14.0. The van der Waals surface area contributed by atoms with E-state index in [-0.39, 0.29) is 11.9 Å². The molecule has 112 valence electrons. The second-order valence-electron chi connectivity index (χ2n) is 6.33. The van der Waals surface area contributed by atoms with Gasteiger partial charge < -0.3 is 4.90 Å². The van der Waals surface area contributed by atoms with Crippen molar-refractivity contribution in [3.8, 4) is 0 Å². The van der Waals surface area contributed by atoms with E-state index in [0.717, 1.165) is 37.1 Å². The summed E-state index contributed by atoms with van der Waals surface area (Å²) in [4.78, 5) is 30.7. The number of aryl methyl sites for hydroxylation is 1. The van der Waals surface area contributed by atoms with E-state index < -0.39 is 5.54 Å². The largest absolute Gasteiger partial charge is 0.325 e. The molecule has 3 amide bonds. The minimum absolute atomic E-state index is 0.132. The number of hydrogen-bond donors (Lipinski definition) is 1. The molecule has 0 aromatic carbocycles. The Morgan fingerprint density at radius 1 is 1.33 bits per heavy atom. The number of urea groups is 1. The molecule has 1 aromatic rings. The lowest BCUT2D eigenvalue weighted by atomic mass is 9.76. The van der Waals surface area contributed by atoms with Gasteiger partial charge in [0.05, 0.1) is 12.2 Å². The maximum absolute atomic E-state index is 12.3. The summed E-state index contributed by atoms with van der Waals surface area (Å²) in [5.74, 6) is 0.491. The van der Waals surface area contributed by atoms with Crippen LogP contribution in [0.2, 0.25) is 0 Å². The van der Waals surface area contributed by atoms with Crippen LogP contribution in [0.5, 0.6) is 0 Å². The molecule has 21 heavy (non-hydrogen) atoms. The average molecular weight is 287 g/mol. The molecular formula is C16H21N3O2. The first-order valence-corrected chi connectivity index (χ1v) is 7.57. The van der Waals surface area contributed by atoms with Crippen molar-refractivity contribution in [1.29, 1.82) is 0 Å². The zero-order chi connectivity index (χ0) is 15.0. The van der Waals surface area contributed by atoms with Crippen LogP contribution in [0.15, 0.2) is 18.2 Å². The van der Waals surface area contributed by atoms with Gasteiger partial charge in [-0.3, -0.25) is 15.1 Å². The Balaban J connectivity index is 1.87. The summed E-state index contributed by atoms with van der Waals surface area (Å²) >= 11 is 0. The van der Waals surface area contributed by atoms with Crippen LogP contribution < -0.4 is 5.32 Å². The number of aromatic nitrogens is 1. The fourth-order valence-electron chi connectivity index (χ4n) is 3.41. The Kier molecular flexibility index (Phi) is 3.43. The summed E-state index contributed by atoms with van der Waals surface area (Å²) in [6.07, 6.45) is 3.46. The van der Waals surface area contributed by atoms with Crippen LogP contribution in [0.4, 0.5) is 4.79 Å². The van der Waals surface area contributed by atoms with Crippen molar-refractivity contribution in [2.45, 2.75) is 51.6 Å². The molecule has 2 aliphatic rings. The number of carbonyl (C=O) groups excluding carboxylic acids is 2. The standard InChI is InChI=1S/C16H21N3O2/c1-11-6-8-16(9-7-11)14(20)18-15(21)19(16)10-13-5-3-4-12(2)17-13/h3-5,11H,6-10H2,1-2H3,(H,18,20,21). The van der Waals surface area contributed by atoms with Crippen molar-refractivity contribution in [3.05, 3.63) is 29.6 Å². The van der Waals surface area contributed by atoms with E-state index in [2.05, 4.69) is 17.2 Å². The SMILES string of the molecule is Cc1cccc(CN2C(=O)NC(=O)C23CCC(C)CC3)n1. The number of rotatable bonds is 2. The Morgan fingerprint density at radius 3 is 2.71 bits per heavy atom. The third-order valence-electron chi connectivity index (χ3n) is 4.77. The topological polar surface area (TPSA) is 62.3 Å². The summed E-state index contributed by atoms with van der Waals surface area (Å²) in [5, 5.41) is 2.50. The van der Waals surface area contributed by atoms with Crippen LogP contribution in [0.25, 0.3) is 0 Å². The maximum atomic E-state index is 12.3. The van der Waals surface area contributed by atoms with E-state index in [1.165, 1.54) is 0 Å². The van der Waals surface area contributed by atoms with Gasteiger partial charge in [0.1, 0.15) is 5.54 Å². The van der Waals surface area contributed by atoms with Crippen molar-refractivity contribution in [1.82, 2.24) is 15.2 Å². The van der Waals surface area contributed by atoms with Gasteiger partial charge in [-0.25, -0.2) is 4.79 Å². The highest BCUT2D eigenvalue weighted by Gasteiger charge is 2.53. The monoisotopic (exact) mass is 287 g/mol. The van der Waals surface area contributed by atoms with Gasteiger partial charge in [0.2, 0.25) is 0 Å². The smallest absolute Gasteiger partial charge is 0.304 e. The molecule has 1 aromatic heterocycles. The van der Waals surface area contributed by atoms with E-state index in [1.54, 1.807) is 4.90 Å². The highest BCUT2D eigenvalue weighted by Crippen LogP contribution is 2.39. The normalized spacial score (nSPS) is 29.0. The molecule has 1 aliphatic carbocycles. The number of imide groups is 1. The Labute approximate surface area is 124 Å². The summed E-state index contributed by atoms with van der Waals surface area (Å²) < 4.78 is 0. The molecule has 2 heterocycles. The van der Waals surface area contributed by atoms with Gasteiger partial charge in [0.25, 0.3) is 5.91 Å². The van der Waals surface area contributed by atoms with Crippen LogP contribution in [0, 0.1) is 12.8 Å². The highest BCUT2D eigenvalue weighted by atomic mass is 16.2. The Bertz CT molecular complexity index is 577.